The van der Waals surface area contributed by atoms with Gasteiger partial charge in [0.1, 0.15) is 5.82 Å². The number of amides is 2. The van der Waals surface area contributed by atoms with Gasteiger partial charge in [-0.15, -0.1) is 0 Å². The van der Waals surface area contributed by atoms with E-state index in [1.807, 2.05) is 0 Å². The molecule has 0 radical (unpaired) electrons. The van der Waals surface area contributed by atoms with Gasteiger partial charge in [0.2, 0.25) is 11.8 Å². The monoisotopic (exact) mass is 374 g/mol. The van der Waals surface area contributed by atoms with Crippen molar-refractivity contribution in [1.29, 1.82) is 0 Å². The molecule has 1 N–H and O–H groups in total. The maximum atomic E-state index is 13.2. The van der Waals surface area contributed by atoms with Gasteiger partial charge in [0.25, 0.3) is 5.56 Å². The van der Waals surface area contributed by atoms with Gasteiger partial charge >= 0.3 is 0 Å². The molecule has 1 aliphatic heterocycles. The quantitative estimate of drug-likeness (QED) is 0.795. The Morgan fingerprint density at radius 1 is 1.19 bits per heavy atom. The van der Waals surface area contributed by atoms with E-state index in [1.165, 1.54) is 4.57 Å². The summed E-state index contributed by atoms with van der Waals surface area (Å²) in [4.78, 5) is 44.5. The van der Waals surface area contributed by atoms with Crippen LogP contribution in [0.4, 0.5) is 0 Å². The van der Waals surface area contributed by atoms with Crippen LogP contribution in [0.25, 0.3) is 0 Å². The summed E-state index contributed by atoms with van der Waals surface area (Å²) in [6.07, 6.45) is 5.43. The van der Waals surface area contributed by atoms with Gasteiger partial charge in [-0.25, -0.2) is 4.98 Å². The zero-order valence-electron chi connectivity index (χ0n) is 16.6. The molecule has 0 unspecified atom stereocenters. The third-order valence-corrected chi connectivity index (χ3v) is 5.94. The average molecular weight is 374 g/mol. The van der Waals surface area contributed by atoms with Crippen molar-refractivity contribution in [2.45, 2.75) is 65.5 Å². The van der Waals surface area contributed by atoms with E-state index in [-0.39, 0.29) is 29.2 Å². The molecule has 0 saturated heterocycles. The minimum atomic E-state index is -0.292. The van der Waals surface area contributed by atoms with E-state index in [2.05, 4.69) is 17.2 Å². The van der Waals surface area contributed by atoms with Gasteiger partial charge in [-0.05, 0) is 26.2 Å². The molecule has 27 heavy (non-hydrogen) atoms. The number of aromatic nitrogens is 2. The third kappa shape index (κ3) is 3.92. The van der Waals surface area contributed by atoms with E-state index < -0.39 is 0 Å². The molecule has 7 heteroatoms. The molecule has 0 spiro atoms. The molecule has 148 valence electrons. The third-order valence-electron chi connectivity index (χ3n) is 5.94. The van der Waals surface area contributed by atoms with Crippen LogP contribution in [0, 0.1) is 18.8 Å². The summed E-state index contributed by atoms with van der Waals surface area (Å²) in [5.74, 6) is 0.0917. The Bertz CT molecular complexity index is 786. The fourth-order valence-corrected chi connectivity index (χ4v) is 4.18. The molecule has 1 fully saturated rings. The topological polar surface area (TPSA) is 84.3 Å². The number of nitrogens with one attached hydrogen (secondary N) is 1. The van der Waals surface area contributed by atoms with Gasteiger partial charge < -0.3 is 10.2 Å². The van der Waals surface area contributed by atoms with E-state index in [1.54, 1.807) is 18.9 Å². The molecule has 2 atom stereocenters. The van der Waals surface area contributed by atoms with Crippen LogP contribution in [0.2, 0.25) is 0 Å². The first-order valence-corrected chi connectivity index (χ1v) is 10.1. The Hall–Kier alpha value is -2.18. The fourth-order valence-electron chi connectivity index (χ4n) is 4.18. The lowest BCUT2D eigenvalue weighted by Crippen LogP contribution is -2.44. The number of hydrogen-bond acceptors (Lipinski definition) is 4. The highest BCUT2D eigenvalue weighted by molar-refractivity contribution is 5.88. The van der Waals surface area contributed by atoms with Crippen LogP contribution in [-0.4, -0.2) is 32.8 Å². The van der Waals surface area contributed by atoms with Crippen molar-refractivity contribution in [2.75, 3.05) is 6.54 Å². The maximum absolute atomic E-state index is 13.2. The van der Waals surface area contributed by atoms with Gasteiger partial charge in [-0.2, -0.15) is 0 Å². The maximum Gasteiger partial charge on any atom is 0.258 e. The van der Waals surface area contributed by atoms with Crippen molar-refractivity contribution in [3.63, 3.8) is 0 Å². The van der Waals surface area contributed by atoms with Crippen LogP contribution >= 0.6 is 0 Å². The highest BCUT2D eigenvalue weighted by Gasteiger charge is 2.39. The highest BCUT2D eigenvalue weighted by Crippen LogP contribution is 2.33. The van der Waals surface area contributed by atoms with Gasteiger partial charge in [-0.1, -0.05) is 26.2 Å². The summed E-state index contributed by atoms with van der Waals surface area (Å²) in [6.45, 7) is 5.22. The molecule has 2 aliphatic rings. The SMILES string of the molecule is CCCCNC(=O)[C@H]1CCCC[C@H]1C(=O)N1Cc2nc(C)n(C)c(=O)c2C1. The molecule has 7 nitrogen and oxygen atoms in total. The van der Waals surface area contributed by atoms with Crippen molar-refractivity contribution >= 4 is 11.8 Å². The van der Waals surface area contributed by atoms with Crippen LogP contribution in [0.5, 0.6) is 0 Å². The predicted molar refractivity (Wildman–Crippen MR) is 102 cm³/mol. The summed E-state index contributed by atoms with van der Waals surface area (Å²) in [6, 6.07) is 0. The van der Waals surface area contributed by atoms with Crippen molar-refractivity contribution in [2.24, 2.45) is 18.9 Å². The predicted octanol–water partition coefficient (Wildman–Crippen LogP) is 1.65. The van der Waals surface area contributed by atoms with Crippen molar-refractivity contribution < 1.29 is 9.59 Å². The number of rotatable bonds is 5. The van der Waals surface area contributed by atoms with Gasteiger partial charge in [0, 0.05) is 25.4 Å². The van der Waals surface area contributed by atoms with Crippen molar-refractivity contribution in [3.8, 4) is 0 Å². The normalized spacial score (nSPS) is 21.8. The number of fused-ring (bicyclic) bond motifs is 1. The van der Waals surface area contributed by atoms with Crippen molar-refractivity contribution in [1.82, 2.24) is 19.8 Å². The van der Waals surface area contributed by atoms with Crippen molar-refractivity contribution in [3.05, 3.63) is 27.4 Å². The van der Waals surface area contributed by atoms with E-state index in [4.69, 9.17) is 0 Å². The largest absolute Gasteiger partial charge is 0.356 e. The summed E-state index contributed by atoms with van der Waals surface area (Å²) in [5, 5.41) is 2.99. The molecular weight excluding hydrogens is 344 g/mol. The zero-order chi connectivity index (χ0) is 19.6. The molecule has 1 aliphatic carbocycles. The van der Waals surface area contributed by atoms with Crippen LogP contribution in [0.3, 0.4) is 0 Å². The lowest BCUT2D eigenvalue weighted by Gasteiger charge is -2.32. The van der Waals surface area contributed by atoms with Crippen LogP contribution < -0.4 is 10.9 Å². The number of hydrogen-bond donors (Lipinski definition) is 1. The minimum Gasteiger partial charge on any atom is -0.356 e. The Labute approximate surface area is 160 Å². The number of unbranched alkanes of at least 4 members (excludes halogenated alkanes) is 1. The molecule has 0 aromatic carbocycles. The molecule has 2 heterocycles. The number of carbonyl (C=O) groups excluding carboxylic acids is 2. The first-order chi connectivity index (χ1) is 12.9. The summed E-state index contributed by atoms with van der Waals surface area (Å²) in [5.41, 5.74) is 1.23. The van der Waals surface area contributed by atoms with Gasteiger partial charge in [-0.3, -0.25) is 19.0 Å². The molecule has 1 aromatic rings. The minimum absolute atomic E-state index is 0.00287. The molecule has 3 rings (SSSR count). The Morgan fingerprint density at radius 2 is 1.89 bits per heavy atom. The first kappa shape index (κ1) is 19.6. The Kier molecular flexibility index (Phi) is 5.97. The van der Waals surface area contributed by atoms with Crippen LogP contribution in [-0.2, 0) is 29.7 Å². The zero-order valence-corrected chi connectivity index (χ0v) is 16.6. The van der Waals surface area contributed by atoms with Crippen LogP contribution in [0.1, 0.15) is 62.5 Å². The van der Waals surface area contributed by atoms with E-state index in [9.17, 15) is 14.4 Å². The number of nitrogens with zero attached hydrogens (tertiary/aromatic N) is 3. The lowest BCUT2D eigenvalue weighted by molar-refractivity contribution is -0.144. The Morgan fingerprint density at radius 3 is 2.59 bits per heavy atom. The second kappa shape index (κ2) is 8.23. The molecule has 2 amide bonds. The fraction of sp³-hybridized carbons (Fsp3) is 0.700. The Balaban J connectivity index is 1.73. The highest BCUT2D eigenvalue weighted by atomic mass is 16.2. The first-order valence-electron chi connectivity index (χ1n) is 10.1. The van der Waals surface area contributed by atoms with E-state index in [0.29, 0.717) is 36.7 Å². The number of aryl methyl sites for hydroxylation is 1. The van der Waals surface area contributed by atoms with E-state index in [0.717, 1.165) is 38.5 Å². The summed E-state index contributed by atoms with van der Waals surface area (Å²) < 4.78 is 1.53. The molecule has 1 aromatic heterocycles. The smallest absolute Gasteiger partial charge is 0.258 e. The lowest BCUT2D eigenvalue weighted by atomic mass is 9.78. The number of carbonyl (C=O) groups is 2. The molecule has 1 saturated carbocycles. The van der Waals surface area contributed by atoms with Gasteiger partial charge in [0.15, 0.2) is 0 Å². The standard InChI is InChI=1S/C20H30N4O3/c1-4-5-10-21-18(25)14-8-6-7-9-15(14)20(27)24-11-16-17(12-24)22-13(2)23(3)19(16)26/h14-15H,4-12H2,1-3H3,(H,21,25)/t14-,15+/m0/s1. The van der Waals surface area contributed by atoms with Crippen LogP contribution in [0.15, 0.2) is 4.79 Å². The second-order valence-corrected chi connectivity index (χ2v) is 7.78. The molecular formula is C20H30N4O3. The van der Waals surface area contributed by atoms with E-state index >= 15 is 0 Å². The second-order valence-electron chi connectivity index (χ2n) is 7.78. The molecule has 0 bridgehead atoms. The summed E-state index contributed by atoms with van der Waals surface area (Å²) in [7, 11) is 1.70. The summed E-state index contributed by atoms with van der Waals surface area (Å²) >= 11 is 0. The average Bonchev–Trinajstić information content (AvgIpc) is 3.09. The van der Waals surface area contributed by atoms with Gasteiger partial charge in [0.05, 0.1) is 24.3 Å².